The molecular formula is C39H54N2O2. The van der Waals surface area contributed by atoms with Crippen molar-refractivity contribution < 1.29 is 9.59 Å². The summed E-state index contributed by atoms with van der Waals surface area (Å²) in [4.78, 5) is 26.4. The van der Waals surface area contributed by atoms with Crippen LogP contribution < -0.4 is 10.6 Å². The Morgan fingerprint density at radius 1 is 0.767 bits per heavy atom. The van der Waals surface area contributed by atoms with Crippen LogP contribution in [0.15, 0.2) is 91.0 Å². The molecule has 0 radical (unpaired) electrons. The van der Waals surface area contributed by atoms with E-state index in [0.29, 0.717) is 13.0 Å². The molecule has 43 heavy (non-hydrogen) atoms. The highest BCUT2D eigenvalue weighted by Crippen LogP contribution is 2.51. The van der Waals surface area contributed by atoms with Crippen LogP contribution >= 0.6 is 0 Å². The molecule has 0 heterocycles. The molecule has 0 saturated carbocycles. The van der Waals surface area contributed by atoms with Crippen molar-refractivity contribution in [2.75, 3.05) is 6.54 Å². The van der Waals surface area contributed by atoms with E-state index in [9.17, 15) is 9.59 Å². The lowest BCUT2D eigenvalue weighted by Crippen LogP contribution is -2.44. The van der Waals surface area contributed by atoms with Gasteiger partial charge in [-0.3, -0.25) is 9.59 Å². The van der Waals surface area contributed by atoms with Gasteiger partial charge in [0, 0.05) is 12.6 Å². The molecule has 1 atom stereocenters. The molecule has 232 valence electrons. The number of carbonyl (C=O) groups is 2. The molecule has 1 aliphatic carbocycles. The van der Waals surface area contributed by atoms with Crippen molar-refractivity contribution in [3.8, 4) is 11.1 Å². The van der Waals surface area contributed by atoms with Gasteiger partial charge >= 0.3 is 0 Å². The fourth-order valence-electron chi connectivity index (χ4n) is 5.91. The average molecular weight is 583 g/mol. The molecular weight excluding hydrogens is 528 g/mol. The minimum atomic E-state index is -0.681. The lowest BCUT2D eigenvalue weighted by atomic mass is 9.73. The zero-order valence-corrected chi connectivity index (χ0v) is 27.5. The number of hydrogen-bond donors (Lipinski definition) is 2. The number of amides is 2. The standard InChI is InChI=1S/C35H42N2O2.2C2H6/c1-4-28(37-33(38)24-27-16-8-7-9-17-27)18-10-5-6-15-23-35(34(39)36-25-26(2)3)31-21-13-11-19-29(31)30-20-12-14-22-32(30)35;2*1-2/h7-9,11-14,16-17,19-22,28H,2,4-6,10,15,18,23-25H2,1,3H3,(H,36,39)(H,37,38);2*1-2H3. The van der Waals surface area contributed by atoms with E-state index in [4.69, 9.17) is 0 Å². The van der Waals surface area contributed by atoms with Crippen LogP contribution in [0, 0.1) is 0 Å². The number of benzene rings is 3. The van der Waals surface area contributed by atoms with E-state index in [0.717, 1.165) is 78.3 Å². The van der Waals surface area contributed by atoms with Gasteiger partial charge < -0.3 is 10.6 Å². The van der Waals surface area contributed by atoms with E-state index in [1.54, 1.807) is 0 Å². The van der Waals surface area contributed by atoms with Crippen molar-refractivity contribution in [1.29, 1.82) is 0 Å². The van der Waals surface area contributed by atoms with Crippen LogP contribution in [0.5, 0.6) is 0 Å². The van der Waals surface area contributed by atoms with Crippen LogP contribution in [0.1, 0.15) is 103 Å². The summed E-state index contributed by atoms with van der Waals surface area (Å²) in [5.41, 5.74) is 5.85. The molecule has 1 aliphatic rings. The molecule has 0 bridgehead atoms. The monoisotopic (exact) mass is 582 g/mol. The molecule has 1 unspecified atom stereocenters. The van der Waals surface area contributed by atoms with Crippen molar-refractivity contribution >= 4 is 11.8 Å². The Balaban J connectivity index is 0.00000155. The van der Waals surface area contributed by atoms with Gasteiger partial charge in [0.15, 0.2) is 0 Å². The molecule has 0 aromatic heterocycles. The average Bonchev–Trinajstić information content (AvgIpc) is 3.34. The summed E-state index contributed by atoms with van der Waals surface area (Å²) in [7, 11) is 0. The van der Waals surface area contributed by atoms with Gasteiger partial charge in [0.25, 0.3) is 0 Å². The van der Waals surface area contributed by atoms with E-state index >= 15 is 0 Å². The third-order valence-corrected chi connectivity index (χ3v) is 7.92. The lowest BCUT2D eigenvalue weighted by Gasteiger charge is -2.31. The smallest absolute Gasteiger partial charge is 0.235 e. The fourth-order valence-corrected chi connectivity index (χ4v) is 5.91. The Hall–Kier alpha value is -3.66. The van der Waals surface area contributed by atoms with Gasteiger partial charge in [-0.2, -0.15) is 0 Å². The molecule has 0 spiro atoms. The van der Waals surface area contributed by atoms with Gasteiger partial charge in [0.2, 0.25) is 11.8 Å². The Labute approximate surface area is 261 Å². The van der Waals surface area contributed by atoms with Crippen LogP contribution in [-0.2, 0) is 21.4 Å². The van der Waals surface area contributed by atoms with Crippen molar-refractivity contribution in [2.24, 2.45) is 0 Å². The molecule has 0 fully saturated rings. The van der Waals surface area contributed by atoms with Crippen molar-refractivity contribution in [1.82, 2.24) is 10.6 Å². The van der Waals surface area contributed by atoms with Crippen LogP contribution in [0.2, 0.25) is 0 Å². The van der Waals surface area contributed by atoms with E-state index in [1.165, 1.54) is 0 Å². The van der Waals surface area contributed by atoms with Crippen LogP contribution in [0.4, 0.5) is 0 Å². The van der Waals surface area contributed by atoms with Gasteiger partial charge in [0.05, 0.1) is 6.42 Å². The first-order valence-corrected chi connectivity index (χ1v) is 16.4. The number of carbonyl (C=O) groups excluding carboxylic acids is 2. The highest BCUT2D eigenvalue weighted by molar-refractivity contribution is 6.00. The zero-order chi connectivity index (χ0) is 31.7. The summed E-state index contributed by atoms with van der Waals surface area (Å²) < 4.78 is 0. The van der Waals surface area contributed by atoms with Crippen LogP contribution in [0.25, 0.3) is 11.1 Å². The van der Waals surface area contributed by atoms with Crippen LogP contribution in [-0.4, -0.2) is 24.4 Å². The Morgan fingerprint density at radius 2 is 1.30 bits per heavy atom. The largest absolute Gasteiger partial charge is 0.353 e. The minimum absolute atomic E-state index is 0.0649. The number of hydrogen-bond acceptors (Lipinski definition) is 2. The highest BCUT2D eigenvalue weighted by atomic mass is 16.2. The summed E-state index contributed by atoms with van der Waals surface area (Å²) in [6.07, 6.45) is 7.26. The Bertz CT molecular complexity index is 1240. The quantitative estimate of drug-likeness (QED) is 0.147. The minimum Gasteiger partial charge on any atom is -0.353 e. The number of unbranched alkanes of at least 4 members (excludes halogenated alkanes) is 3. The second-order valence-corrected chi connectivity index (χ2v) is 10.9. The topological polar surface area (TPSA) is 58.2 Å². The predicted molar refractivity (Wildman–Crippen MR) is 183 cm³/mol. The molecule has 4 rings (SSSR count). The van der Waals surface area contributed by atoms with Crippen molar-refractivity contribution in [2.45, 2.75) is 104 Å². The maximum atomic E-state index is 13.9. The molecule has 4 heteroatoms. The fraction of sp³-hybridized carbons (Fsp3) is 0.436. The zero-order valence-electron chi connectivity index (χ0n) is 27.5. The normalized spacial score (nSPS) is 12.7. The van der Waals surface area contributed by atoms with Crippen molar-refractivity contribution in [3.63, 3.8) is 0 Å². The summed E-state index contributed by atoms with van der Waals surface area (Å²) >= 11 is 0. The molecule has 2 amide bonds. The second kappa shape index (κ2) is 18.8. The number of rotatable bonds is 14. The van der Waals surface area contributed by atoms with Gasteiger partial charge in [-0.15, -0.1) is 0 Å². The van der Waals surface area contributed by atoms with Gasteiger partial charge in [0.1, 0.15) is 5.41 Å². The van der Waals surface area contributed by atoms with E-state index in [1.807, 2.05) is 77.1 Å². The van der Waals surface area contributed by atoms with E-state index in [2.05, 4.69) is 60.5 Å². The predicted octanol–water partition coefficient (Wildman–Crippen LogP) is 9.18. The maximum absolute atomic E-state index is 13.9. The van der Waals surface area contributed by atoms with Crippen molar-refractivity contribution in [3.05, 3.63) is 108 Å². The summed E-state index contributed by atoms with van der Waals surface area (Å²) in [5.74, 6) is 0.157. The number of fused-ring (bicyclic) bond motifs is 3. The number of nitrogens with one attached hydrogen (secondary N) is 2. The first-order chi connectivity index (χ1) is 21.0. The molecule has 0 saturated heterocycles. The SMILES string of the molecule is C=C(C)CNC(=O)C1(CCCCCCC(CC)NC(=O)Cc2ccccc2)c2ccccc2-c2ccccc21.CC.CC. The third kappa shape index (κ3) is 9.41. The van der Waals surface area contributed by atoms with Crippen LogP contribution in [0.3, 0.4) is 0 Å². The Kier molecular flexibility index (Phi) is 15.5. The highest BCUT2D eigenvalue weighted by Gasteiger charge is 2.48. The van der Waals surface area contributed by atoms with E-state index < -0.39 is 5.41 Å². The second-order valence-electron chi connectivity index (χ2n) is 10.9. The summed E-state index contributed by atoms with van der Waals surface area (Å²) in [6.45, 7) is 16.5. The Morgan fingerprint density at radius 3 is 1.86 bits per heavy atom. The summed E-state index contributed by atoms with van der Waals surface area (Å²) in [6, 6.07) is 26.8. The third-order valence-electron chi connectivity index (χ3n) is 7.92. The van der Waals surface area contributed by atoms with E-state index in [-0.39, 0.29) is 17.9 Å². The molecule has 4 nitrogen and oxygen atoms in total. The van der Waals surface area contributed by atoms with Gasteiger partial charge in [-0.05, 0) is 54.0 Å². The first-order valence-electron chi connectivity index (χ1n) is 16.4. The molecule has 3 aromatic rings. The van der Waals surface area contributed by atoms with Gasteiger partial charge in [-0.25, -0.2) is 0 Å². The maximum Gasteiger partial charge on any atom is 0.235 e. The first kappa shape index (κ1) is 35.5. The molecule has 2 N–H and O–H groups in total. The lowest BCUT2D eigenvalue weighted by molar-refractivity contribution is -0.125. The summed E-state index contributed by atoms with van der Waals surface area (Å²) in [5, 5.41) is 6.40. The molecule has 3 aromatic carbocycles. The molecule has 0 aliphatic heterocycles. The van der Waals surface area contributed by atoms with Gasteiger partial charge in [-0.1, -0.05) is 151 Å².